The van der Waals surface area contributed by atoms with E-state index in [0.29, 0.717) is 17.7 Å². The monoisotopic (exact) mass is 307 g/mol. The van der Waals surface area contributed by atoms with Gasteiger partial charge in [0.15, 0.2) is 12.4 Å². The lowest BCUT2D eigenvalue weighted by Gasteiger charge is -2.26. The van der Waals surface area contributed by atoms with Crippen LogP contribution >= 0.6 is 0 Å². The van der Waals surface area contributed by atoms with E-state index in [1.54, 1.807) is 31.2 Å². The molecule has 0 saturated carbocycles. The number of rotatable bonds is 8. The summed E-state index contributed by atoms with van der Waals surface area (Å²) in [6.07, 6.45) is 0.652. The molecule has 0 fully saturated rings. The molecule has 6 heteroatoms. The Morgan fingerprint density at radius 1 is 1.32 bits per heavy atom. The van der Waals surface area contributed by atoms with Crippen molar-refractivity contribution in [2.45, 2.75) is 33.2 Å². The minimum Gasteiger partial charge on any atom is -0.484 e. The number of benzene rings is 1. The van der Waals surface area contributed by atoms with Crippen molar-refractivity contribution in [3.63, 3.8) is 0 Å². The third kappa shape index (κ3) is 5.20. The van der Waals surface area contributed by atoms with Crippen LogP contribution in [0.2, 0.25) is 0 Å². The number of aliphatic carboxylic acids is 1. The Morgan fingerprint density at radius 3 is 2.55 bits per heavy atom. The maximum atomic E-state index is 12.1. The van der Waals surface area contributed by atoms with Crippen molar-refractivity contribution in [2.24, 2.45) is 0 Å². The van der Waals surface area contributed by atoms with E-state index in [1.165, 1.54) is 11.8 Å². The molecule has 0 saturated heterocycles. The van der Waals surface area contributed by atoms with Gasteiger partial charge in [-0.2, -0.15) is 0 Å². The fourth-order valence-electron chi connectivity index (χ4n) is 1.89. The predicted molar refractivity (Wildman–Crippen MR) is 81.0 cm³/mol. The van der Waals surface area contributed by atoms with Gasteiger partial charge in [-0.25, -0.2) is 0 Å². The molecule has 0 aliphatic carbocycles. The van der Waals surface area contributed by atoms with Gasteiger partial charge in [0.1, 0.15) is 12.3 Å². The van der Waals surface area contributed by atoms with Crippen LogP contribution in [0.3, 0.4) is 0 Å². The lowest BCUT2D eigenvalue weighted by molar-refractivity contribution is -0.147. The lowest BCUT2D eigenvalue weighted by atomic mass is 10.1. The summed E-state index contributed by atoms with van der Waals surface area (Å²) in [7, 11) is 0. The zero-order valence-electron chi connectivity index (χ0n) is 13.0. The molecule has 6 nitrogen and oxygen atoms in total. The maximum absolute atomic E-state index is 12.1. The van der Waals surface area contributed by atoms with Crippen LogP contribution in [0.15, 0.2) is 24.3 Å². The van der Waals surface area contributed by atoms with Gasteiger partial charge in [-0.3, -0.25) is 14.4 Å². The molecule has 1 amide bonds. The second-order valence-electron chi connectivity index (χ2n) is 5.05. The van der Waals surface area contributed by atoms with Crippen LogP contribution in [-0.4, -0.2) is 46.9 Å². The third-order valence-corrected chi connectivity index (χ3v) is 3.35. The molecule has 120 valence electrons. The average molecular weight is 307 g/mol. The van der Waals surface area contributed by atoms with Crippen LogP contribution in [0.1, 0.15) is 37.6 Å². The van der Waals surface area contributed by atoms with Gasteiger partial charge in [0.05, 0.1) is 0 Å². The van der Waals surface area contributed by atoms with Crippen molar-refractivity contribution in [3.05, 3.63) is 29.8 Å². The van der Waals surface area contributed by atoms with E-state index in [-0.39, 0.29) is 25.0 Å². The number of amides is 1. The van der Waals surface area contributed by atoms with Crippen molar-refractivity contribution in [3.8, 4) is 5.75 Å². The molecule has 1 aromatic rings. The quantitative estimate of drug-likeness (QED) is 0.742. The number of hydrogen-bond donors (Lipinski definition) is 1. The topological polar surface area (TPSA) is 83.9 Å². The first-order valence-electron chi connectivity index (χ1n) is 7.10. The highest BCUT2D eigenvalue weighted by Gasteiger charge is 2.21. The van der Waals surface area contributed by atoms with Crippen molar-refractivity contribution in [1.82, 2.24) is 4.90 Å². The fourth-order valence-corrected chi connectivity index (χ4v) is 1.89. The van der Waals surface area contributed by atoms with Gasteiger partial charge < -0.3 is 14.7 Å². The molecule has 1 atom stereocenters. The van der Waals surface area contributed by atoms with Gasteiger partial charge in [-0.1, -0.05) is 19.1 Å². The second-order valence-corrected chi connectivity index (χ2v) is 5.05. The van der Waals surface area contributed by atoms with Crippen LogP contribution in [0.25, 0.3) is 0 Å². The number of carbonyl (C=O) groups is 3. The molecule has 1 aromatic carbocycles. The van der Waals surface area contributed by atoms with Crippen LogP contribution in [0.5, 0.6) is 5.75 Å². The zero-order valence-corrected chi connectivity index (χ0v) is 13.0. The minimum absolute atomic E-state index is 0.0936. The number of ether oxygens (including phenoxy) is 1. The number of carbonyl (C=O) groups excluding carboxylic acids is 2. The van der Waals surface area contributed by atoms with Crippen LogP contribution in [-0.2, 0) is 9.59 Å². The van der Waals surface area contributed by atoms with Gasteiger partial charge in [0.25, 0.3) is 5.91 Å². The summed E-state index contributed by atoms with van der Waals surface area (Å²) >= 11 is 0. The third-order valence-electron chi connectivity index (χ3n) is 3.35. The van der Waals surface area contributed by atoms with Crippen molar-refractivity contribution < 1.29 is 24.2 Å². The summed E-state index contributed by atoms with van der Waals surface area (Å²) < 4.78 is 5.38. The van der Waals surface area contributed by atoms with E-state index < -0.39 is 11.9 Å². The standard InChI is InChI=1S/C16H21NO5/c1-4-11(2)17(9-16(20)21)15(19)10-22-14-7-5-6-13(8-14)12(3)18/h5-8,11H,4,9-10H2,1-3H3,(H,20,21). The highest BCUT2D eigenvalue weighted by atomic mass is 16.5. The van der Waals surface area contributed by atoms with Crippen LogP contribution < -0.4 is 4.74 Å². The van der Waals surface area contributed by atoms with Gasteiger partial charge >= 0.3 is 5.97 Å². The first-order chi connectivity index (χ1) is 10.3. The van der Waals surface area contributed by atoms with E-state index >= 15 is 0 Å². The fraction of sp³-hybridized carbons (Fsp3) is 0.438. The highest BCUT2D eigenvalue weighted by Crippen LogP contribution is 2.14. The highest BCUT2D eigenvalue weighted by molar-refractivity contribution is 5.94. The Labute approximate surface area is 129 Å². The normalized spacial score (nSPS) is 11.6. The minimum atomic E-state index is -1.06. The number of nitrogens with zero attached hydrogens (tertiary/aromatic N) is 1. The van der Waals surface area contributed by atoms with Crippen LogP contribution in [0, 0.1) is 0 Å². The number of hydrogen-bond acceptors (Lipinski definition) is 4. The van der Waals surface area contributed by atoms with E-state index in [1.807, 2.05) is 6.92 Å². The molecule has 0 spiro atoms. The summed E-state index contributed by atoms with van der Waals surface area (Å²) in [6, 6.07) is 6.34. The van der Waals surface area contributed by atoms with E-state index in [0.717, 1.165) is 0 Å². The smallest absolute Gasteiger partial charge is 0.323 e. The van der Waals surface area contributed by atoms with E-state index in [9.17, 15) is 14.4 Å². The molecule has 0 radical (unpaired) electrons. The summed E-state index contributed by atoms with van der Waals surface area (Å²) in [5, 5.41) is 8.89. The van der Waals surface area contributed by atoms with Crippen molar-refractivity contribution >= 4 is 17.7 Å². The average Bonchev–Trinajstić information content (AvgIpc) is 2.49. The number of carboxylic acid groups (broad SMARTS) is 1. The number of ketones is 1. The number of carboxylic acids is 1. The SMILES string of the molecule is CCC(C)N(CC(=O)O)C(=O)COc1cccc(C(C)=O)c1. The van der Waals surface area contributed by atoms with Gasteiger partial charge in [-0.15, -0.1) is 0 Å². The van der Waals surface area contributed by atoms with Crippen LogP contribution in [0.4, 0.5) is 0 Å². The Kier molecular flexibility index (Phi) is 6.56. The molecule has 1 unspecified atom stereocenters. The second kappa shape index (κ2) is 8.17. The molecular formula is C16H21NO5. The lowest BCUT2D eigenvalue weighted by Crippen LogP contribution is -2.44. The Bertz CT molecular complexity index is 555. The molecular weight excluding hydrogens is 286 g/mol. The molecule has 0 bridgehead atoms. The van der Waals surface area contributed by atoms with Gasteiger partial charge in [0.2, 0.25) is 0 Å². The van der Waals surface area contributed by atoms with Crippen molar-refractivity contribution in [1.29, 1.82) is 0 Å². The molecule has 0 heterocycles. The van der Waals surface area contributed by atoms with E-state index in [2.05, 4.69) is 0 Å². The molecule has 0 aliphatic rings. The predicted octanol–water partition coefficient (Wildman–Crippen LogP) is 1.98. The Hall–Kier alpha value is -2.37. The molecule has 22 heavy (non-hydrogen) atoms. The zero-order chi connectivity index (χ0) is 16.7. The summed E-state index contributed by atoms with van der Waals surface area (Å²) in [4.78, 5) is 35.6. The molecule has 0 aliphatic heterocycles. The Morgan fingerprint density at radius 2 is 2.00 bits per heavy atom. The van der Waals surface area contributed by atoms with E-state index in [4.69, 9.17) is 9.84 Å². The maximum Gasteiger partial charge on any atom is 0.323 e. The molecule has 1 N–H and O–H groups in total. The van der Waals surface area contributed by atoms with Gasteiger partial charge in [-0.05, 0) is 32.4 Å². The molecule has 1 rings (SSSR count). The number of Topliss-reactive ketones (excluding diaryl/α,β-unsaturated/α-hetero) is 1. The summed E-state index contributed by atoms with van der Waals surface area (Å²) in [5.74, 6) is -1.15. The van der Waals surface area contributed by atoms with Crippen molar-refractivity contribution in [2.75, 3.05) is 13.2 Å². The van der Waals surface area contributed by atoms with Gasteiger partial charge in [0, 0.05) is 11.6 Å². The first-order valence-corrected chi connectivity index (χ1v) is 7.10. The summed E-state index contributed by atoms with van der Waals surface area (Å²) in [5.41, 5.74) is 0.495. The Balaban J connectivity index is 2.72. The molecule has 0 aromatic heterocycles. The largest absolute Gasteiger partial charge is 0.484 e. The first kappa shape index (κ1) is 17.7. The summed E-state index contributed by atoms with van der Waals surface area (Å²) in [6.45, 7) is 4.49.